The average Bonchev–Trinajstić information content (AvgIpc) is 2.55. The van der Waals surface area contributed by atoms with Crippen molar-refractivity contribution in [1.29, 1.82) is 0 Å². The Balaban J connectivity index is 1.84. The summed E-state index contributed by atoms with van der Waals surface area (Å²) in [4.78, 5) is 12.0. The standard InChI is InChI=1S/C17H18FNO3/c1-22-15-4-2-3-13(11-15)17(21)19-10-9-16(20)12-5-7-14(18)8-6-12/h2-8,11,16,20H,9-10H2,1H3,(H,19,21). The normalized spacial score (nSPS) is 11.8. The Kier molecular flexibility index (Phi) is 5.49. The fourth-order valence-electron chi connectivity index (χ4n) is 2.04. The van der Waals surface area contributed by atoms with Gasteiger partial charge in [0.15, 0.2) is 0 Å². The van der Waals surface area contributed by atoms with Gasteiger partial charge in [0.1, 0.15) is 11.6 Å². The van der Waals surface area contributed by atoms with E-state index in [4.69, 9.17) is 4.74 Å². The first-order chi connectivity index (χ1) is 10.6. The molecule has 2 rings (SSSR count). The Bertz CT molecular complexity index is 628. The van der Waals surface area contributed by atoms with Gasteiger partial charge in [-0.05, 0) is 42.3 Å². The van der Waals surface area contributed by atoms with Gasteiger partial charge in [0.25, 0.3) is 5.91 Å². The Morgan fingerprint density at radius 3 is 2.68 bits per heavy atom. The number of carbonyl (C=O) groups is 1. The van der Waals surface area contributed by atoms with E-state index in [0.717, 1.165) is 0 Å². The zero-order chi connectivity index (χ0) is 15.9. The maximum atomic E-state index is 12.8. The van der Waals surface area contributed by atoms with Crippen LogP contribution in [0, 0.1) is 5.82 Å². The molecule has 2 aromatic carbocycles. The summed E-state index contributed by atoms with van der Waals surface area (Å²) in [5.41, 5.74) is 1.12. The van der Waals surface area contributed by atoms with Gasteiger partial charge in [-0.15, -0.1) is 0 Å². The maximum absolute atomic E-state index is 12.8. The molecule has 2 aromatic rings. The molecule has 0 aliphatic carbocycles. The number of hydrogen-bond acceptors (Lipinski definition) is 3. The first-order valence-corrected chi connectivity index (χ1v) is 6.96. The van der Waals surface area contributed by atoms with Crippen molar-refractivity contribution in [3.05, 3.63) is 65.5 Å². The van der Waals surface area contributed by atoms with Crippen LogP contribution in [0.15, 0.2) is 48.5 Å². The van der Waals surface area contributed by atoms with E-state index < -0.39 is 6.10 Å². The van der Waals surface area contributed by atoms with Gasteiger partial charge in [0, 0.05) is 12.1 Å². The number of aliphatic hydroxyl groups is 1. The van der Waals surface area contributed by atoms with E-state index in [9.17, 15) is 14.3 Å². The van der Waals surface area contributed by atoms with Gasteiger partial charge in [-0.25, -0.2) is 4.39 Å². The molecular formula is C17H18FNO3. The second kappa shape index (κ2) is 7.56. The van der Waals surface area contributed by atoms with Crippen molar-refractivity contribution in [1.82, 2.24) is 5.32 Å². The highest BCUT2D eigenvalue weighted by Gasteiger charge is 2.10. The fraction of sp³-hybridized carbons (Fsp3) is 0.235. The molecular weight excluding hydrogens is 285 g/mol. The third-order valence-electron chi connectivity index (χ3n) is 3.29. The summed E-state index contributed by atoms with van der Waals surface area (Å²) in [5, 5.41) is 12.7. The minimum Gasteiger partial charge on any atom is -0.497 e. The Morgan fingerprint density at radius 1 is 1.27 bits per heavy atom. The summed E-state index contributed by atoms with van der Waals surface area (Å²) < 4.78 is 17.9. The molecule has 0 fully saturated rings. The van der Waals surface area contributed by atoms with E-state index in [0.29, 0.717) is 29.8 Å². The molecule has 0 spiro atoms. The molecule has 1 atom stereocenters. The van der Waals surface area contributed by atoms with Crippen molar-refractivity contribution in [2.24, 2.45) is 0 Å². The maximum Gasteiger partial charge on any atom is 0.251 e. The van der Waals surface area contributed by atoms with Crippen molar-refractivity contribution < 1.29 is 19.0 Å². The van der Waals surface area contributed by atoms with Gasteiger partial charge in [-0.1, -0.05) is 18.2 Å². The smallest absolute Gasteiger partial charge is 0.251 e. The van der Waals surface area contributed by atoms with Crippen molar-refractivity contribution in [3.8, 4) is 5.75 Å². The van der Waals surface area contributed by atoms with Crippen molar-refractivity contribution in [3.63, 3.8) is 0 Å². The number of hydrogen-bond donors (Lipinski definition) is 2. The third kappa shape index (κ3) is 4.30. The number of amides is 1. The van der Waals surface area contributed by atoms with Crippen LogP contribution in [-0.4, -0.2) is 24.7 Å². The minimum atomic E-state index is -0.744. The number of benzene rings is 2. The summed E-state index contributed by atoms with van der Waals surface area (Å²) in [5.74, 6) is 0.0338. The molecule has 0 saturated carbocycles. The fourth-order valence-corrected chi connectivity index (χ4v) is 2.04. The molecule has 0 aliphatic rings. The van der Waals surface area contributed by atoms with Crippen LogP contribution in [0.3, 0.4) is 0 Å². The number of ether oxygens (including phenoxy) is 1. The van der Waals surface area contributed by atoms with Crippen LogP contribution in [0.4, 0.5) is 4.39 Å². The van der Waals surface area contributed by atoms with Crippen LogP contribution in [0.2, 0.25) is 0 Å². The number of nitrogens with one attached hydrogen (secondary N) is 1. The number of aliphatic hydroxyl groups excluding tert-OH is 1. The lowest BCUT2D eigenvalue weighted by molar-refractivity contribution is 0.0942. The summed E-state index contributed by atoms with van der Waals surface area (Å²) in [6.45, 7) is 0.314. The molecule has 0 saturated heterocycles. The summed E-state index contributed by atoms with van der Waals surface area (Å²) in [6, 6.07) is 12.5. The molecule has 22 heavy (non-hydrogen) atoms. The second-order valence-electron chi connectivity index (χ2n) is 4.84. The topological polar surface area (TPSA) is 58.6 Å². The SMILES string of the molecule is COc1cccc(C(=O)NCCC(O)c2ccc(F)cc2)c1. The predicted molar refractivity (Wildman–Crippen MR) is 81.3 cm³/mol. The lowest BCUT2D eigenvalue weighted by Crippen LogP contribution is -2.25. The molecule has 5 heteroatoms. The second-order valence-corrected chi connectivity index (χ2v) is 4.84. The quantitative estimate of drug-likeness (QED) is 0.862. The van der Waals surface area contributed by atoms with Crippen LogP contribution in [0.1, 0.15) is 28.4 Å². The van der Waals surface area contributed by atoms with Crippen LogP contribution in [0.25, 0.3) is 0 Å². The highest BCUT2D eigenvalue weighted by molar-refractivity contribution is 5.94. The van der Waals surface area contributed by atoms with Gasteiger partial charge >= 0.3 is 0 Å². The van der Waals surface area contributed by atoms with Crippen molar-refractivity contribution in [2.45, 2.75) is 12.5 Å². The molecule has 0 aromatic heterocycles. The van der Waals surface area contributed by atoms with Gasteiger partial charge in [-0.3, -0.25) is 4.79 Å². The van der Waals surface area contributed by atoms with E-state index in [1.807, 2.05) is 0 Å². The number of methoxy groups -OCH3 is 1. The Morgan fingerprint density at radius 2 is 2.00 bits per heavy atom. The molecule has 1 amide bonds. The predicted octanol–water partition coefficient (Wildman–Crippen LogP) is 2.69. The first-order valence-electron chi connectivity index (χ1n) is 6.96. The van der Waals surface area contributed by atoms with Crippen molar-refractivity contribution >= 4 is 5.91 Å². The van der Waals surface area contributed by atoms with Crippen LogP contribution < -0.4 is 10.1 Å². The van der Waals surface area contributed by atoms with Crippen molar-refractivity contribution in [2.75, 3.05) is 13.7 Å². The monoisotopic (exact) mass is 303 g/mol. The summed E-state index contributed by atoms with van der Waals surface area (Å²) in [6.07, 6.45) is -0.396. The Labute approximate surface area is 128 Å². The molecule has 0 bridgehead atoms. The summed E-state index contributed by atoms with van der Waals surface area (Å²) >= 11 is 0. The molecule has 0 radical (unpaired) electrons. The van der Waals surface area contributed by atoms with Crippen LogP contribution in [-0.2, 0) is 0 Å². The molecule has 116 valence electrons. The van der Waals surface area contributed by atoms with Gasteiger partial charge in [-0.2, -0.15) is 0 Å². The van der Waals surface area contributed by atoms with Gasteiger partial charge in [0.2, 0.25) is 0 Å². The lowest BCUT2D eigenvalue weighted by atomic mass is 10.1. The highest BCUT2D eigenvalue weighted by atomic mass is 19.1. The highest BCUT2D eigenvalue weighted by Crippen LogP contribution is 2.16. The van der Waals surface area contributed by atoms with Gasteiger partial charge in [0.05, 0.1) is 13.2 Å². The molecule has 1 unspecified atom stereocenters. The largest absolute Gasteiger partial charge is 0.497 e. The third-order valence-corrected chi connectivity index (χ3v) is 3.29. The van der Waals surface area contributed by atoms with E-state index in [2.05, 4.69) is 5.32 Å². The summed E-state index contributed by atoms with van der Waals surface area (Å²) in [7, 11) is 1.54. The van der Waals surface area contributed by atoms with Crippen LogP contribution >= 0.6 is 0 Å². The number of rotatable bonds is 6. The lowest BCUT2D eigenvalue weighted by Gasteiger charge is -2.12. The van der Waals surface area contributed by atoms with Gasteiger partial charge < -0.3 is 15.2 Å². The first kappa shape index (κ1) is 16.0. The number of halogens is 1. The molecule has 2 N–H and O–H groups in total. The van der Waals surface area contributed by atoms with E-state index in [1.54, 1.807) is 24.3 Å². The average molecular weight is 303 g/mol. The van der Waals surface area contributed by atoms with E-state index >= 15 is 0 Å². The Hall–Kier alpha value is -2.40. The minimum absolute atomic E-state index is 0.231. The molecule has 0 aliphatic heterocycles. The van der Waals surface area contributed by atoms with E-state index in [1.165, 1.54) is 31.4 Å². The van der Waals surface area contributed by atoms with E-state index in [-0.39, 0.29) is 11.7 Å². The zero-order valence-electron chi connectivity index (χ0n) is 12.3. The van der Waals surface area contributed by atoms with Crippen LogP contribution in [0.5, 0.6) is 5.75 Å². The number of carbonyl (C=O) groups excluding carboxylic acids is 1. The zero-order valence-corrected chi connectivity index (χ0v) is 12.3. The molecule has 4 nitrogen and oxygen atoms in total. The molecule has 0 heterocycles.